The average Bonchev–Trinajstić information content (AvgIpc) is 3.30. The molecule has 0 radical (unpaired) electrons. The number of rotatable bonds is 12. The van der Waals surface area contributed by atoms with Gasteiger partial charge < -0.3 is 25.2 Å². The van der Waals surface area contributed by atoms with Gasteiger partial charge in [0.15, 0.2) is 5.78 Å². The van der Waals surface area contributed by atoms with E-state index in [0.29, 0.717) is 18.4 Å². The van der Waals surface area contributed by atoms with Gasteiger partial charge in [0.25, 0.3) is 0 Å². The molecular formula is C32H50O7. The summed E-state index contributed by atoms with van der Waals surface area (Å²) >= 11 is 0. The molecule has 0 saturated heterocycles. The number of ether oxygens (including phenoxy) is 1. The van der Waals surface area contributed by atoms with Crippen molar-refractivity contribution < 1.29 is 34.8 Å². The zero-order valence-electron chi connectivity index (χ0n) is 24.5. The summed E-state index contributed by atoms with van der Waals surface area (Å²) in [5.74, 6) is -2.21. The van der Waals surface area contributed by atoms with E-state index >= 15 is 0 Å². The van der Waals surface area contributed by atoms with Gasteiger partial charge in [0.05, 0.1) is 12.0 Å². The second-order valence-electron chi connectivity index (χ2n) is 13.4. The highest BCUT2D eigenvalue weighted by molar-refractivity contribution is 5.95. The number of esters is 1. The third kappa shape index (κ3) is 4.47. The standard InChI is InChI=1S/C32H50O7/c1-6-7-8-9-10-11-12-13-14-15-24(34)39-31-18-21(3)30-17-20(2)26(35)32(30,38)27(36)22(19-33)16-23(28(30)37)25(31)29(31,4)5/h16-17,21,23,25-27,33,35-36,38H,6-15,18-19H2,1-5H3/t21?,23?,25?,26-,27+,30?,31?,32+/m0/s1. The van der Waals surface area contributed by atoms with Gasteiger partial charge in [0, 0.05) is 23.7 Å². The molecule has 5 unspecified atom stereocenters. The molecule has 4 aliphatic carbocycles. The summed E-state index contributed by atoms with van der Waals surface area (Å²) in [6.07, 6.45) is 11.2. The molecule has 4 N–H and O–H groups in total. The molecule has 4 rings (SSSR count). The maximum absolute atomic E-state index is 14.4. The minimum Gasteiger partial charge on any atom is -0.458 e. The van der Waals surface area contributed by atoms with Gasteiger partial charge in [-0.3, -0.25) is 9.59 Å². The molecule has 39 heavy (non-hydrogen) atoms. The Morgan fingerprint density at radius 3 is 2.21 bits per heavy atom. The van der Waals surface area contributed by atoms with Crippen LogP contribution in [0.5, 0.6) is 0 Å². The van der Waals surface area contributed by atoms with Crippen LogP contribution in [0.25, 0.3) is 0 Å². The van der Waals surface area contributed by atoms with Gasteiger partial charge >= 0.3 is 5.97 Å². The number of allylic oxidation sites excluding steroid dienone is 1. The highest BCUT2D eigenvalue weighted by Gasteiger charge is 2.83. The number of Topliss-reactive ketones (excluding diaryl/α,β-unsaturated/α-hetero) is 1. The molecular weight excluding hydrogens is 496 g/mol. The lowest BCUT2D eigenvalue weighted by atomic mass is 9.59. The van der Waals surface area contributed by atoms with Gasteiger partial charge in [-0.25, -0.2) is 0 Å². The molecule has 0 heterocycles. The SMILES string of the molecule is CCCCCCCCCCCC(=O)OC12CC(C)C34C=C(C)[C@H](O)[C@@]3(O)[C@H](O)C(CO)=CC(C4=O)C1C2(C)C. The van der Waals surface area contributed by atoms with Crippen molar-refractivity contribution in [1.29, 1.82) is 0 Å². The Balaban J connectivity index is 1.53. The van der Waals surface area contributed by atoms with Crippen molar-refractivity contribution in [3.8, 4) is 0 Å². The van der Waals surface area contributed by atoms with Gasteiger partial charge in [0.1, 0.15) is 23.4 Å². The lowest BCUT2D eigenvalue weighted by Crippen LogP contribution is -2.65. The van der Waals surface area contributed by atoms with Gasteiger partial charge in [-0.05, 0) is 36.8 Å². The molecule has 8 atom stereocenters. The Bertz CT molecular complexity index is 1010. The minimum atomic E-state index is -2.21. The highest BCUT2D eigenvalue weighted by Crippen LogP contribution is 2.75. The molecule has 0 aliphatic heterocycles. The molecule has 2 bridgehead atoms. The molecule has 2 fully saturated rings. The number of unbranched alkanes of at least 4 members (excludes halogenated alkanes) is 8. The number of carbonyl (C=O) groups excluding carboxylic acids is 2. The van der Waals surface area contributed by atoms with Crippen LogP contribution in [0.2, 0.25) is 0 Å². The lowest BCUT2D eigenvalue weighted by Gasteiger charge is -2.48. The Morgan fingerprint density at radius 1 is 1.03 bits per heavy atom. The third-order valence-electron chi connectivity index (χ3n) is 10.8. The van der Waals surface area contributed by atoms with E-state index in [4.69, 9.17) is 4.74 Å². The van der Waals surface area contributed by atoms with Gasteiger partial charge in [-0.1, -0.05) is 91.2 Å². The van der Waals surface area contributed by atoms with Crippen LogP contribution in [0.3, 0.4) is 0 Å². The molecule has 1 spiro atoms. The first-order valence-electron chi connectivity index (χ1n) is 15.2. The van der Waals surface area contributed by atoms with Gasteiger partial charge in [-0.2, -0.15) is 0 Å². The van der Waals surface area contributed by atoms with E-state index in [1.165, 1.54) is 38.5 Å². The molecule has 220 valence electrons. The van der Waals surface area contributed by atoms with E-state index < -0.39 is 52.7 Å². The van der Waals surface area contributed by atoms with Crippen LogP contribution in [0.15, 0.2) is 23.3 Å². The van der Waals surface area contributed by atoms with Crippen molar-refractivity contribution in [2.45, 2.75) is 129 Å². The summed E-state index contributed by atoms with van der Waals surface area (Å²) < 4.78 is 6.31. The van der Waals surface area contributed by atoms with Crippen LogP contribution in [0.4, 0.5) is 0 Å². The fourth-order valence-electron chi connectivity index (χ4n) is 8.56. The van der Waals surface area contributed by atoms with E-state index in [9.17, 15) is 30.0 Å². The first-order chi connectivity index (χ1) is 18.4. The number of hydrogen-bond acceptors (Lipinski definition) is 7. The molecule has 7 heteroatoms. The normalized spacial score (nSPS) is 40.1. The maximum Gasteiger partial charge on any atom is 0.306 e. The molecule has 4 aliphatic rings. The Morgan fingerprint density at radius 2 is 1.62 bits per heavy atom. The van der Waals surface area contributed by atoms with E-state index in [1.54, 1.807) is 19.1 Å². The third-order valence-corrected chi connectivity index (χ3v) is 10.8. The highest BCUT2D eigenvalue weighted by atomic mass is 16.6. The maximum atomic E-state index is 14.4. The summed E-state index contributed by atoms with van der Waals surface area (Å²) in [5, 5.41) is 44.5. The summed E-state index contributed by atoms with van der Waals surface area (Å²) in [6, 6.07) is 0. The largest absolute Gasteiger partial charge is 0.458 e. The fourth-order valence-corrected chi connectivity index (χ4v) is 8.56. The topological polar surface area (TPSA) is 124 Å². The monoisotopic (exact) mass is 546 g/mol. The van der Waals surface area contributed by atoms with Crippen molar-refractivity contribution in [2.75, 3.05) is 6.61 Å². The number of aliphatic hydroxyl groups excluding tert-OH is 3. The zero-order valence-corrected chi connectivity index (χ0v) is 24.5. The van der Waals surface area contributed by atoms with Gasteiger partial charge in [0.2, 0.25) is 0 Å². The van der Waals surface area contributed by atoms with Crippen LogP contribution in [0, 0.1) is 28.6 Å². The van der Waals surface area contributed by atoms with Crippen LogP contribution < -0.4 is 0 Å². The van der Waals surface area contributed by atoms with E-state index in [0.717, 1.165) is 19.3 Å². The summed E-state index contributed by atoms with van der Waals surface area (Å²) in [7, 11) is 0. The second-order valence-corrected chi connectivity index (χ2v) is 13.4. The van der Waals surface area contributed by atoms with Crippen LogP contribution >= 0.6 is 0 Å². The number of ketones is 1. The molecule has 0 aromatic rings. The number of fused-ring (bicyclic) bond motifs is 3. The van der Waals surface area contributed by atoms with E-state index in [2.05, 4.69) is 6.92 Å². The molecule has 0 amide bonds. The fraction of sp³-hybridized carbons (Fsp3) is 0.812. The Kier molecular flexibility index (Phi) is 8.61. The first kappa shape index (κ1) is 30.4. The number of carbonyl (C=O) groups is 2. The van der Waals surface area contributed by atoms with Crippen LogP contribution in [0.1, 0.15) is 105 Å². The number of aliphatic hydroxyl groups is 4. The average molecular weight is 547 g/mol. The van der Waals surface area contributed by atoms with Crippen molar-refractivity contribution in [2.24, 2.45) is 28.6 Å². The van der Waals surface area contributed by atoms with Crippen molar-refractivity contribution >= 4 is 11.8 Å². The van der Waals surface area contributed by atoms with E-state index in [1.807, 2.05) is 20.8 Å². The predicted octanol–water partition coefficient (Wildman–Crippen LogP) is 4.40. The Labute approximate surface area is 233 Å². The second kappa shape index (κ2) is 11.0. The van der Waals surface area contributed by atoms with Crippen molar-refractivity contribution in [3.05, 3.63) is 23.3 Å². The quantitative estimate of drug-likeness (QED) is 0.162. The molecule has 0 aromatic carbocycles. The lowest BCUT2D eigenvalue weighted by molar-refractivity contribution is -0.191. The smallest absolute Gasteiger partial charge is 0.306 e. The van der Waals surface area contributed by atoms with Crippen LogP contribution in [-0.4, -0.2) is 62.2 Å². The summed E-state index contributed by atoms with van der Waals surface area (Å²) in [4.78, 5) is 27.5. The van der Waals surface area contributed by atoms with Crippen molar-refractivity contribution in [3.63, 3.8) is 0 Å². The van der Waals surface area contributed by atoms with Crippen LogP contribution in [-0.2, 0) is 14.3 Å². The summed E-state index contributed by atoms with van der Waals surface area (Å²) in [6.45, 7) is 9.16. The van der Waals surface area contributed by atoms with Crippen molar-refractivity contribution in [1.82, 2.24) is 0 Å². The molecule has 0 aromatic heterocycles. The first-order valence-corrected chi connectivity index (χ1v) is 15.2. The Hall–Kier alpha value is -1.54. The minimum absolute atomic E-state index is 0.117. The predicted molar refractivity (Wildman–Crippen MR) is 149 cm³/mol. The zero-order chi connectivity index (χ0) is 28.8. The van der Waals surface area contributed by atoms with E-state index in [-0.39, 0.29) is 23.2 Å². The number of hydrogen-bond donors (Lipinski definition) is 4. The van der Waals surface area contributed by atoms with Gasteiger partial charge in [-0.15, -0.1) is 0 Å². The molecule has 2 saturated carbocycles. The molecule has 7 nitrogen and oxygen atoms in total. The summed E-state index contributed by atoms with van der Waals surface area (Å²) in [5.41, 5.74) is -4.64.